The van der Waals surface area contributed by atoms with Crippen molar-refractivity contribution in [1.29, 1.82) is 0 Å². The van der Waals surface area contributed by atoms with Crippen molar-refractivity contribution in [2.75, 3.05) is 12.4 Å². The van der Waals surface area contributed by atoms with Crippen LogP contribution in [0.25, 0.3) is 5.69 Å². The molecule has 0 unspecified atom stereocenters. The molecule has 0 bridgehead atoms. The van der Waals surface area contributed by atoms with Gasteiger partial charge in [0.2, 0.25) is 0 Å². The van der Waals surface area contributed by atoms with Gasteiger partial charge < -0.3 is 10.4 Å². The number of H-pyrrole nitrogens is 1. The van der Waals surface area contributed by atoms with E-state index >= 15 is 0 Å². The van der Waals surface area contributed by atoms with E-state index in [1.165, 1.54) is 10.7 Å². The van der Waals surface area contributed by atoms with Crippen molar-refractivity contribution in [1.82, 2.24) is 9.78 Å². The molecule has 0 atom stereocenters. The first kappa shape index (κ1) is 9.39. The van der Waals surface area contributed by atoms with E-state index in [-0.39, 0.29) is 11.3 Å². The number of phenolic OH excluding ortho intramolecular Hbond substituents is 1. The molecule has 0 aliphatic carbocycles. The van der Waals surface area contributed by atoms with E-state index in [0.717, 1.165) is 0 Å². The molecular weight excluding hydrogens is 194 g/mol. The Labute approximate surface area is 86.0 Å². The highest BCUT2D eigenvalue weighted by Crippen LogP contribution is 2.13. The summed E-state index contributed by atoms with van der Waals surface area (Å²) in [5.41, 5.74) is 0.906. The van der Waals surface area contributed by atoms with Crippen LogP contribution in [0.3, 0.4) is 0 Å². The van der Waals surface area contributed by atoms with E-state index in [1.54, 1.807) is 31.4 Å². The van der Waals surface area contributed by atoms with Crippen LogP contribution in [0.5, 0.6) is 5.75 Å². The summed E-state index contributed by atoms with van der Waals surface area (Å²) in [5.74, 6) is 0.125. The van der Waals surface area contributed by atoms with Crippen LogP contribution >= 0.6 is 0 Å². The first-order valence-electron chi connectivity index (χ1n) is 4.50. The molecule has 0 fully saturated rings. The number of hydrogen-bond donors (Lipinski definition) is 3. The number of benzene rings is 1. The van der Waals surface area contributed by atoms with Gasteiger partial charge in [0, 0.05) is 19.3 Å². The summed E-state index contributed by atoms with van der Waals surface area (Å²) in [6, 6.07) is 6.47. The Balaban J connectivity index is 2.55. The van der Waals surface area contributed by atoms with Crippen molar-refractivity contribution < 1.29 is 5.11 Å². The number of nitrogens with one attached hydrogen (secondary N) is 2. The zero-order chi connectivity index (χ0) is 10.8. The van der Waals surface area contributed by atoms with Gasteiger partial charge in [-0.3, -0.25) is 9.89 Å². The standard InChI is InChI=1S/C10H11N3O2/c1-11-9-6-12-13(10(9)15)7-3-2-4-8(14)5-7/h2-6,11-12,14H,1H3. The van der Waals surface area contributed by atoms with Gasteiger partial charge in [-0.25, -0.2) is 4.68 Å². The number of anilines is 1. The van der Waals surface area contributed by atoms with Gasteiger partial charge in [0.25, 0.3) is 5.56 Å². The second-order valence-electron chi connectivity index (χ2n) is 3.10. The zero-order valence-corrected chi connectivity index (χ0v) is 8.19. The van der Waals surface area contributed by atoms with Crippen LogP contribution in [0.4, 0.5) is 5.69 Å². The lowest BCUT2D eigenvalue weighted by Crippen LogP contribution is -2.16. The molecule has 3 N–H and O–H groups in total. The van der Waals surface area contributed by atoms with Crippen molar-refractivity contribution >= 4 is 5.69 Å². The minimum atomic E-state index is -0.178. The van der Waals surface area contributed by atoms with Crippen LogP contribution in [-0.4, -0.2) is 21.9 Å². The summed E-state index contributed by atoms with van der Waals surface area (Å²) >= 11 is 0. The normalized spacial score (nSPS) is 10.2. The van der Waals surface area contributed by atoms with E-state index in [9.17, 15) is 9.90 Å². The van der Waals surface area contributed by atoms with Gasteiger partial charge >= 0.3 is 0 Å². The molecule has 5 heteroatoms. The molecule has 2 rings (SSSR count). The predicted molar refractivity (Wildman–Crippen MR) is 57.6 cm³/mol. The number of aromatic amines is 1. The summed E-state index contributed by atoms with van der Waals surface area (Å²) < 4.78 is 1.35. The third-order valence-electron chi connectivity index (χ3n) is 2.13. The summed E-state index contributed by atoms with van der Waals surface area (Å²) in [4.78, 5) is 11.7. The maximum atomic E-state index is 11.7. The van der Waals surface area contributed by atoms with Gasteiger partial charge in [-0.05, 0) is 12.1 Å². The third-order valence-corrected chi connectivity index (χ3v) is 2.13. The minimum absolute atomic E-state index is 0.125. The number of hydrogen-bond acceptors (Lipinski definition) is 3. The van der Waals surface area contributed by atoms with Crippen LogP contribution in [-0.2, 0) is 0 Å². The Kier molecular flexibility index (Phi) is 2.21. The van der Waals surface area contributed by atoms with Crippen molar-refractivity contribution in [3.8, 4) is 11.4 Å². The van der Waals surface area contributed by atoms with Gasteiger partial charge in [-0.15, -0.1) is 0 Å². The number of aromatic nitrogens is 2. The summed E-state index contributed by atoms with van der Waals surface area (Å²) in [7, 11) is 1.68. The summed E-state index contributed by atoms with van der Waals surface area (Å²) in [6.45, 7) is 0. The average molecular weight is 205 g/mol. The minimum Gasteiger partial charge on any atom is -0.508 e. The second kappa shape index (κ2) is 3.53. The van der Waals surface area contributed by atoms with E-state index in [1.807, 2.05) is 0 Å². The lowest BCUT2D eigenvalue weighted by atomic mass is 10.3. The molecule has 0 saturated heterocycles. The van der Waals surface area contributed by atoms with Gasteiger partial charge in [0.1, 0.15) is 11.4 Å². The Morgan fingerprint density at radius 2 is 2.27 bits per heavy atom. The molecule has 1 aromatic carbocycles. The first-order valence-corrected chi connectivity index (χ1v) is 4.50. The zero-order valence-electron chi connectivity index (χ0n) is 8.19. The van der Waals surface area contributed by atoms with Crippen LogP contribution < -0.4 is 10.9 Å². The topological polar surface area (TPSA) is 70.1 Å². The number of phenols is 1. The SMILES string of the molecule is CNc1c[nH]n(-c2cccc(O)c2)c1=O. The predicted octanol–water partition coefficient (Wildman–Crippen LogP) is 0.913. The molecule has 0 aliphatic rings. The fourth-order valence-corrected chi connectivity index (χ4v) is 1.37. The van der Waals surface area contributed by atoms with Crippen molar-refractivity contribution in [3.05, 3.63) is 40.8 Å². The molecule has 78 valence electrons. The van der Waals surface area contributed by atoms with Gasteiger partial charge in [0.15, 0.2) is 0 Å². The summed E-state index contributed by atoms with van der Waals surface area (Å²) in [5, 5.41) is 14.9. The number of rotatable bonds is 2. The summed E-state index contributed by atoms with van der Waals surface area (Å²) in [6.07, 6.45) is 1.58. The third kappa shape index (κ3) is 1.59. The highest BCUT2D eigenvalue weighted by molar-refractivity contribution is 5.43. The van der Waals surface area contributed by atoms with Crippen LogP contribution in [0.15, 0.2) is 35.3 Å². The molecule has 5 nitrogen and oxygen atoms in total. The maximum absolute atomic E-state index is 11.7. The molecule has 0 saturated carbocycles. The van der Waals surface area contributed by atoms with Crippen LogP contribution in [0.1, 0.15) is 0 Å². The quantitative estimate of drug-likeness (QED) is 0.682. The Morgan fingerprint density at radius 1 is 1.47 bits per heavy atom. The van der Waals surface area contributed by atoms with Crippen molar-refractivity contribution in [2.24, 2.45) is 0 Å². The molecular formula is C10H11N3O2. The Bertz CT molecular complexity index is 527. The largest absolute Gasteiger partial charge is 0.508 e. The monoisotopic (exact) mass is 205 g/mol. The highest BCUT2D eigenvalue weighted by Gasteiger charge is 2.05. The smallest absolute Gasteiger partial charge is 0.294 e. The average Bonchev–Trinajstić information content (AvgIpc) is 2.59. The van der Waals surface area contributed by atoms with Crippen molar-refractivity contribution in [3.63, 3.8) is 0 Å². The highest BCUT2D eigenvalue weighted by atomic mass is 16.3. The van der Waals surface area contributed by atoms with Gasteiger partial charge in [-0.2, -0.15) is 0 Å². The lowest BCUT2D eigenvalue weighted by Gasteiger charge is -2.01. The van der Waals surface area contributed by atoms with Crippen LogP contribution in [0, 0.1) is 0 Å². The Hall–Kier alpha value is -2.17. The molecule has 0 amide bonds. The molecule has 1 heterocycles. The van der Waals surface area contributed by atoms with E-state index < -0.39 is 0 Å². The fraction of sp³-hybridized carbons (Fsp3) is 0.100. The van der Waals surface area contributed by atoms with E-state index in [4.69, 9.17) is 0 Å². The number of nitrogens with zero attached hydrogens (tertiary/aromatic N) is 1. The molecule has 0 aliphatic heterocycles. The van der Waals surface area contributed by atoms with Crippen LogP contribution in [0.2, 0.25) is 0 Å². The number of aromatic hydroxyl groups is 1. The van der Waals surface area contributed by atoms with Gasteiger partial charge in [-0.1, -0.05) is 6.07 Å². The fourth-order valence-electron chi connectivity index (χ4n) is 1.37. The first-order chi connectivity index (χ1) is 7.22. The van der Waals surface area contributed by atoms with E-state index in [0.29, 0.717) is 11.4 Å². The molecule has 2 aromatic rings. The molecule has 1 aromatic heterocycles. The molecule has 0 spiro atoms. The lowest BCUT2D eigenvalue weighted by molar-refractivity contribution is 0.474. The van der Waals surface area contributed by atoms with E-state index in [2.05, 4.69) is 10.4 Å². The van der Waals surface area contributed by atoms with Gasteiger partial charge in [0.05, 0.1) is 5.69 Å². The molecule has 15 heavy (non-hydrogen) atoms. The Morgan fingerprint density at radius 3 is 2.87 bits per heavy atom. The molecule has 0 radical (unpaired) electrons. The van der Waals surface area contributed by atoms with Crippen molar-refractivity contribution in [2.45, 2.75) is 0 Å². The maximum Gasteiger partial charge on any atom is 0.294 e. The second-order valence-corrected chi connectivity index (χ2v) is 3.10.